The number of H-pyrrole nitrogens is 1. The summed E-state index contributed by atoms with van der Waals surface area (Å²) in [6.45, 7) is 7.06. The molecule has 1 fully saturated rings. The monoisotopic (exact) mass is 352 g/mol. The van der Waals surface area contributed by atoms with E-state index in [1.807, 2.05) is 20.8 Å². The minimum Gasteiger partial charge on any atom is -0.385 e. The zero-order valence-corrected chi connectivity index (χ0v) is 15.4. The highest BCUT2D eigenvalue weighted by Gasteiger charge is 2.42. The predicted octanol–water partition coefficient (Wildman–Crippen LogP) is 0.800. The van der Waals surface area contributed by atoms with Crippen LogP contribution in [0.4, 0.5) is 11.5 Å². The molecule has 8 heteroatoms. The average Bonchev–Trinajstić information content (AvgIpc) is 3.26. The number of anilines is 2. The molecule has 0 bridgehead atoms. The van der Waals surface area contributed by atoms with E-state index >= 15 is 0 Å². The van der Waals surface area contributed by atoms with Gasteiger partial charge in [0, 0.05) is 32.7 Å². The Balaban J connectivity index is 2.46. The number of ether oxygens (including phenoxy) is 1. The van der Waals surface area contributed by atoms with Gasteiger partial charge in [-0.05, 0) is 24.7 Å². The third-order valence-corrected chi connectivity index (χ3v) is 4.45. The molecule has 1 aromatic rings. The van der Waals surface area contributed by atoms with Crippen LogP contribution in [-0.4, -0.2) is 35.7 Å². The Kier molecular flexibility index (Phi) is 6.05. The number of nitrogens with one attached hydrogen (secondary N) is 1. The Morgan fingerprint density at radius 1 is 1.44 bits per heavy atom. The van der Waals surface area contributed by atoms with E-state index in [9.17, 15) is 14.4 Å². The molecule has 1 aromatic heterocycles. The summed E-state index contributed by atoms with van der Waals surface area (Å²) in [5, 5.41) is 0. The second-order valence-corrected chi connectivity index (χ2v) is 7.15. The molecule has 140 valence electrons. The van der Waals surface area contributed by atoms with Gasteiger partial charge in [0.1, 0.15) is 5.82 Å². The van der Waals surface area contributed by atoms with E-state index in [2.05, 4.69) is 4.98 Å². The molecular formula is C17H28N4O4. The Bertz CT molecular complexity index is 737. The lowest BCUT2D eigenvalue weighted by atomic mass is 10.2. The molecule has 0 radical (unpaired) electrons. The number of hydrogen-bond donors (Lipinski definition) is 2. The molecule has 2 atom stereocenters. The quantitative estimate of drug-likeness (QED) is 0.672. The van der Waals surface area contributed by atoms with Crippen LogP contribution >= 0.6 is 0 Å². The van der Waals surface area contributed by atoms with E-state index in [1.54, 1.807) is 7.11 Å². The Labute approximate surface area is 147 Å². The van der Waals surface area contributed by atoms with Gasteiger partial charge in [0.2, 0.25) is 5.91 Å². The number of rotatable bonds is 8. The number of nitrogens with two attached hydrogens (primary N) is 1. The van der Waals surface area contributed by atoms with Crippen molar-refractivity contribution in [2.45, 2.75) is 40.2 Å². The molecular weight excluding hydrogens is 324 g/mol. The van der Waals surface area contributed by atoms with Gasteiger partial charge in [-0.15, -0.1) is 0 Å². The van der Waals surface area contributed by atoms with Crippen LogP contribution in [0.2, 0.25) is 0 Å². The number of amides is 1. The molecule has 0 unspecified atom stereocenters. The van der Waals surface area contributed by atoms with Gasteiger partial charge in [-0.3, -0.25) is 19.1 Å². The molecule has 1 aliphatic rings. The largest absolute Gasteiger partial charge is 0.385 e. The maximum atomic E-state index is 12.8. The molecule has 1 aliphatic carbocycles. The molecule has 3 N–H and O–H groups in total. The fraction of sp³-hybridized carbons (Fsp3) is 0.706. The second kappa shape index (κ2) is 7.86. The highest BCUT2D eigenvalue weighted by molar-refractivity contribution is 5.98. The first kappa shape index (κ1) is 19.2. The maximum absolute atomic E-state index is 12.8. The average molecular weight is 352 g/mol. The number of carbonyl (C=O) groups excluding carboxylic acids is 1. The Morgan fingerprint density at radius 2 is 2.08 bits per heavy atom. The van der Waals surface area contributed by atoms with Crippen molar-refractivity contribution in [2.24, 2.45) is 17.8 Å². The van der Waals surface area contributed by atoms with Crippen LogP contribution < -0.4 is 21.9 Å². The van der Waals surface area contributed by atoms with Crippen molar-refractivity contribution < 1.29 is 9.53 Å². The van der Waals surface area contributed by atoms with Crippen molar-refractivity contribution in [1.29, 1.82) is 0 Å². The third-order valence-electron chi connectivity index (χ3n) is 4.45. The van der Waals surface area contributed by atoms with Crippen LogP contribution in [0.25, 0.3) is 0 Å². The third kappa shape index (κ3) is 4.31. The fourth-order valence-electron chi connectivity index (χ4n) is 2.95. The van der Waals surface area contributed by atoms with Crippen molar-refractivity contribution in [3.05, 3.63) is 20.8 Å². The zero-order valence-electron chi connectivity index (χ0n) is 15.4. The van der Waals surface area contributed by atoms with Crippen LogP contribution in [0.5, 0.6) is 0 Å². The van der Waals surface area contributed by atoms with Gasteiger partial charge >= 0.3 is 5.69 Å². The molecule has 0 saturated heterocycles. The summed E-state index contributed by atoms with van der Waals surface area (Å²) in [4.78, 5) is 41.1. The molecule has 0 aliphatic heterocycles. The summed E-state index contributed by atoms with van der Waals surface area (Å²) >= 11 is 0. The van der Waals surface area contributed by atoms with Gasteiger partial charge in [-0.2, -0.15) is 0 Å². The molecule has 2 rings (SSSR count). The summed E-state index contributed by atoms with van der Waals surface area (Å²) in [6.07, 6.45) is 1.38. The van der Waals surface area contributed by atoms with Crippen LogP contribution in [-0.2, 0) is 16.1 Å². The van der Waals surface area contributed by atoms with Crippen molar-refractivity contribution in [3.8, 4) is 0 Å². The lowest BCUT2D eigenvalue weighted by molar-refractivity contribution is -0.120. The van der Waals surface area contributed by atoms with E-state index in [0.717, 1.165) is 6.42 Å². The SMILES string of the molecule is COCCCN(C(=O)[C@H]1C[C@@H]1C)c1c(N)n(CC(C)C)c(=O)[nH]c1=O. The molecule has 1 heterocycles. The normalized spacial score (nSPS) is 19.2. The summed E-state index contributed by atoms with van der Waals surface area (Å²) in [5.41, 5.74) is 5.04. The van der Waals surface area contributed by atoms with E-state index in [0.29, 0.717) is 32.0 Å². The number of aromatic nitrogens is 2. The van der Waals surface area contributed by atoms with Crippen molar-refractivity contribution in [3.63, 3.8) is 0 Å². The van der Waals surface area contributed by atoms with Gasteiger partial charge in [0.05, 0.1) is 0 Å². The molecule has 1 amide bonds. The first-order chi connectivity index (χ1) is 11.8. The van der Waals surface area contributed by atoms with Gasteiger partial charge in [-0.25, -0.2) is 4.79 Å². The summed E-state index contributed by atoms with van der Waals surface area (Å²) < 4.78 is 6.38. The summed E-state index contributed by atoms with van der Waals surface area (Å²) in [7, 11) is 1.58. The molecule has 8 nitrogen and oxygen atoms in total. The number of nitrogen functional groups attached to an aromatic ring is 1. The van der Waals surface area contributed by atoms with Crippen LogP contribution in [0.3, 0.4) is 0 Å². The number of hydrogen-bond acceptors (Lipinski definition) is 5. The number of methoxy groups -OCH3 is 1. The molecule has 0 spiro atoms. The van der Waals surface area contributed by atoms with E-state index in [4.69, 9.17) is 10.5 Å². The van der Waals surface area contributed by atoms with Gasteiger partial charge in [0.15, 0.2) is 5.69 Å². The lowest BCUT2D eigenvalue weighted by Crippen LogP contribution is -2.43. The van der Waals surface area contributed by atoms with Crippen LogP contribution in [0, 0.1) is 17.8 Å². The predicted molar refractivity (Wildman–Crippen MR) is 96.7 cm³/mol. The smallest absolute Gasteiger partial charge is 0.330 e. The van der Waals surface area contributed by atoms with E-state index in [1.165, 1.54) is 9.47 Å². The summed E-state index contributed by atoms with van der Waals surface area (Å²) in [6, 6.07) is 0. The number of carbonyl (C=O) groups is 1. The van der Waals surface area contributed by atoms with Crippen LogP contribution in [0.15, 0.2) is 9.59 Å². The van der Waals surface area contributed by atoms with Gasteiger partial charge < -0.3 is 15.4 Å². The zero-order chi connectivity index (χ0) is 18.7. The standard InChI is InChI=1S/C17H28N4O4/c1-10(2)9-21-14(18)13(15(22)19-17(21)24)20(6-5-7-25-4)16(23)12-8-11(12)3/h10-12H,5-9,18H2,1-4H3,(H,19,22,24)/t11-,12-/m0/s1. The Hall–Kier alpha value is -2.09. The van der Waals surface area contributed by atoms with Crippen molar-refractivity contribution in [2.75, 3.05) is 30.9 Å². The number of nitrogens with zero attached hydrogens (tertiary/aromatic N) is 2. The van der Waals surface area contributed by atoms with Gasteiger partial charge in [0.25, 0.3) is 5.56 Å². The highest BCUT2D eigenvalue weighted by atomic mass is 16.5. The topological polar surface area (TPSA) is 110 Å². The van der Waals surface area contributed by atoms with E-state index in [-0.39, 0.29) is 29.2 Å². The molecule has 25 heavy (non-hydrogen) atoms. The highest BCUT2D eigenvalue weighted by Crippen LogP contribution is 2.40. The first-order valence-electron chi connectivity index (χ1n) is 8.70. The lowest BCUT2D eigenvalue weighted by Gasteiger charge is -2.25. The minimum atomic E-state index is -0.624. The minimum absolute atomic E-state index is 0.0431. The molecule has 0 aromatic carbocycles. The van der Waals surface area contributed by atoms with Crippen LogP contribution in [0.1, 0.15) is 33.6 Å². The van der Waals surface area contributed by atoms with Gasteiger partial charge in [-0.1, -0.05) is 20.8 Å². The van der Waals surface area contributed by atoms with Crippen molar-refractivity contribution >= 4 is 17.4 Å². The van der Waals surface area contributed by atoms with E-state index < -0.39 is 11.2 Å². The second-order valence-electron chi connectivity index (χ2n) is 7.15. The summed E-state index contributed by atoms with van der Waals surface area (Å²) in [5.74, 6) is 0.308. The Morgan fingerprint density at radius 3 is 2.60 bits per heavy atom. The number of aromatic amines is 1. The maximum Gasteiger partial charge on any atom is 0.330 e. The first-order valence-corrected chi connectivity index (χ1v) is 8.70. The fourth-order valence-corrected chi connectivity index (χ4v) is 2.95. The van der Waals surface area contributed by atoms with Crippen molar-refractivity contribution in [1.82, 2.24) is 9.55 Å². The molecule has 1 saturated carbocycles.